The van der Waals surface area contributed by atoms with E-state index < -0.39 is 4.90 Å². The van der Waals surface area contributed by atoms with E-state index >= 15 is 0 Å². The highest BCUT2D eigenvalue weighted by atomic mass is 32.2. The fourth-order valence-corrected chi connectivity index (χ4v) is 3.61. The van der Waals surface area contributed by atoms with Crippen LogP contribution in [0.2, 0.25) is 0 Å². The summed E-state index contributed by atoms with van der Waals surface area (Å²) in [5.74, 6) is 0.669. The first-order valence-electron chi connectivity index (χ1n) is 7.47. The first kappa shape index (κ1) is 16.5. The van der Waals surface area contributed by atoms with Crippen LogP contribution >= 0.6 is 11.8 Å². The van der Waals surface area contributed by atoms with Crippen LogP contribution in [0.1, 0.15) is 10.9 Å². The second kappa shape index (κ2) is 6.38. The molecule has 1 aliphatic carbocycles. The average Bonchev–Trinajstić information content (AvgIpc) is 3.22. The normalized spacial score (nSPS) is 21.0. The lowest BCUT2D eigenvalue weighted by Gasteiger charge is -2.22. The van der Waals surface area contributed by atoms with Gasteiger partial charge in [-0.25, -0.2) is 10.4 Å². The SMILES string of the molecule is [O-]N(O)c1ccc(C2NN3C(=NNC3=C3C=CC(=[N+]([O-])[O-])C=C3)S2)cc1. The topological polar surface area (TPSA) is 135 Å². The number of hydrogen-bond acceptors (Lipinski definition) is 10. The van der Waals surface area contributed by atoms with Gasteiger partial charge in [0.05, 0.1) is 5.69 Å². The number of anilines is 1. The number of nitrogens with one attached hydrogen (secondary N) is 2. The molecule has 3 aliphatic rings. The first-order chi connectivity index (χ1) is 12.5. The number of allylic oxidation sites excluding steroid dienone is 5. The van der Waals surface area contributed by atoms with Gasteiger partial charge in [-0.1, -0.05) is 23.9 Å². The van der Waals surface area contributed by atoms with Gasteiger partial charge in [0.25, 0.3) is 0 Å². The molecular weight excluding hydrogens is 360 g/mol. The molecule has 26 heavy (non-hydrogen) atoms. The summed E-state index contributed by atoms with van der Waals surface area (Å²) in [5.41, 5.74) is 8.02. The average molecular weight is 372 g/mol. The van der Waals surface area contributed by atoms with Gasteiger partial charge in [-0.15, -0.1) is 5.10 Å². The zero-order valence-electron chi connectivity index (χ0n) is 13.1. The molecule has 0 saturated carbocycles. The molecule has 1 aromatic carbocycles. The van der Waals surface area contributed by atoms with E-state index in [1.807, 2.05) is 0 Å². The minimum Gasteiger partial charge on any atom is -0.733 e. The quantitative estimate of drug-likeness (QED) is 0.522. The lowest BCUT2D eigenvalue weighted by atomic mass is 10.1. The number of hydrogen-bond donors (Lipinski definition) is 3. The van der Waals surface area contributed by atoms with Gasteiger partial charge < -0.3 is 20.8 Å². The van der Waals surface area contributed by atoms with Gasteiger partial charge >= 0.3 is 0 Å². The molecule has 0 aromatic heterocycles. The molecule has 0 radical (unpaired) electrons. The molecule has 1 unspecified atom stereocenters. The summed E-state index contributed by atoms with van der Waals surface area (Å²) in [6, 6.07) is 6.52. The molecule has 1 aromatic rings. The van der Waals surface area contributed by atoms with Gasteiger partial charge in [-0.2, -0.15) is 4.90 Å². The maximum Gasteiger partial charge on any atom is 0.222 e. The second-order valence-corrected chi connectivity index (χ2v) is 6.56. The van der Waals surface area contributed by atoms with Crippen LogP contribution in [0, 0.1) is 15.6 Å². The van der Waals surface area contributed by atoms with Gasteiger partial charge in [0.15, 0.2) is 5.82 Å². The zero-order chi connectivity index (χ0) is 18.3. The van der Waals surface area contributed by atoms with Crippen molar-refractivity contribution in [3.8, 4) is 0 Å². The van der Waals surface area contributed by atoms with Crippen LogP contribution in [0.15, 0.2) is 65.1 Å². The lowest BCUT2D eigenvalue weighted by Crippen LogP contribution is -2.34. The number of nitrogens with zero attached hydrogens (tertiary/aromatic N) is 4. The molecule has 1 atom stereocenters. The summed E-state index contributed by atoms with van der Waals surface area (Å²) < 4.78 is 0. The van der Waals surface area contributed by atoms with Gasteiger partial charge in [0.1, 0.15) is 5.37 Å². The highest BCUT2D eigenvalue weighted by Crippen LogP contribution is 2.38. The predicted octanol–water partition coefficient (Wildman–Crippen LogP) is 1.59. The van der Waals surface area contributed by atoms with Crippen LogP contribution in [0.25, 0.3) is 0 Å². The Kier molecular flexibility index (Phi) is 4.05. The minimum absolute atomic E-state index is 0.0199. The third kappa shape index (κ3) is 2.88. The van der Waals surface area contributed by atoms with Crippen LogP contribution in [0.5, 0.6) is 0 Å². The van der Waals surface area contributed by atoms with Crippen molar-refractivity contribution in [1.82, 2.24) is 15.9 Å². The van der Waals surface area contributed by atoms with Crippen LogP contribution in [-0.2, 0) is 0 Å². The number of rotatable bonds is 2. The third-order valence-electron chi connectivity index (χ3n) is 3.91. The van der Waals surface area contributed by atoms with Crippen molar-refractivity contribution in [3.63, 3.8) is 0 Å². The standard InChI is InChI=1S/C15H12N6O4S/c22-20(23)11-5-1-9(2-6-11)13-16-17-15-19(13)18-14(26-15)10-3-7-12(8-4-10)21(24)25/h1-8,14,16,18,24H/q-2. The van der Waals surface area contributed by atoms with E-state index in [1.54, 1.807) is 29.3 Å². The van der Waals surface area contributed by atoms with E-state index in [-0.39, 0.29) is 22.0 Å². The Morgan fingerprint density at radius 3 is 2.46 bits per heavy atom. The molecule has 0 spiro atoms. The van der Waals surface area contributed by atoms with E-state index in [2.05, 4.69) is 16.0 Å². The van der Waals surface area contributed by atoms with Crippen molar-refractivity contribution in [1.29, 1.82) is 0 Å². The Hall–Kier alpha value is -2.99. The van der Waals surface area contributed by atoms with E-state index in [0.717, 1.165) is 11.1 Å². The lowest BCUT2D eigenvalue weighted by molar-refractivity contribution is -0.377. The highest BCUT2D eigenvalue weighted by molar-refractivity contribution is 8.14. The Balaban J connectivity index is 1.54. The molecule has 10 nitrogen and oxygen atoms in total. The van der Waals surface area contributed by atoms with Gasteiger partial charge in [-0.3, -0.25) is 10.6 Å². The molecule has 1 fully saturated rings. The maximum atomic E-state index is 10.9. The van der Waals surface area contributed by atoms with Crippen molar-refractivity contribution in [2.45, 2.75) is 5.37 Å². The van der Waals surface area contributed by atoms with E-state index in [0.29, 0.717) is 11.0 Å². The predicted molar refractivity (Wildman–Crippen MR) is 97.3 cm³/mol. The number of fused-ring (bicyclic) bond motifs is 1. The Morgan fingerprint density at radius 2 is 1.85 bits per heavy atom. The van der Waals surface area contributed by atoms with Crippen LogP contribution < -0.4 is 16.1 Å². The van der Waals surface area contributed by atoms with Gasteiger partial charge in [0.2, 0.25) is 10.9 Å². The Labute approximate surface area is 151 Å². The van der Waals surface area contributed by atoms with Crippen LogP contribution in [0.3, 0.4) is 0 Å². The van der Waals surface area contributed by atoms with Crippen LogP contribution in [0.4, 0.5) is 5.69 Å². The molecular formula is C15H12N6O4S-2. The largest absolute Gasteiger partial charge is 0.733 e. The number of hydrazine groups is 1. The number of benzene rings is 1. The molecule has 2 heterocycles. The second-order valence-electron chi connectivity index (χ2n) is 5.49. The molecule has 3 N–H and O–H groups in total. The maximum absolute atomic E-state index is 10.9. The zero-order valence-corrected chi connectivity index (χ0v) is 13.9. The summed E-state index contributed by atoms with van der Waals surface area (Å²) in [7, 11) is 0. The van der Waals surface area contributed by atoms with Gasteiger partial charge in [-0.05, 0) is 29.8 Å². The van der Waals surface area contributed by atoms with Crippen LogP contribution in [-0.4, -0.2) is 26.0 Å². The molecule has 4 rings (SSSR count). The monoisotopic (exact) mass is 372 g/mol. The molecule has 1 saturated heterocycles. The number of amidine groups is 1. The Morgan fingerprint density at radius 1 is 1.15 bits per heavy atom. The number of thioether (sulfide) groups is 1. The van der Waals surface area contributed by atoms with Crippen molar-refractivity contribution in [3.05, 3.63) is 81.1 Å². The molecule has 2 aliphatic heterocycles. The third-order valence-corrected chi connectivity index (χ3v) is 5.01. The summed E-state index contributed by atoms with van der Waals surface area (Å²) >= 11 is 1.47. The number of hydrazone groups is 1. The van der Waals surface area contributed by atoms with Crippen molar-refractivity contribution in [2.75, 3.05) is 5.23 Å². The summed E-state index contributed by atoms with van der Waals surface area (Å²) in [6.45, 7) is 0. The highest BCUT2D eigenvalue weighted by Gasteiger charge is 2.36. The van der Waals surface area contributed by atoms with Gasteiger partial charge in [0, 0.05) is 17.7 Å². The fourth-order valence-electron chi connectivity index (χ4n) is 2.60. The Bertz CT molecular complexity index is 868. The minimum atomic E-state index is -0.447. The van der Waals surface area contributed by atoms with E-state index in [4.69, 9.17) is 5.21 Å². The molecule has 134 valence electrons. The molecule has 11 heteroatoms. The first-order valence-corrected chi connectivity index (χ1v) is 8.35. The van der Waals surface area contributed by atoms with E-state index in [1.165, 1.54) is 36.0 Å². The smallest absolute Gasteiger partial charge is 0.222 e. The van der Waals surface area contributed by atoms with Crippen molar-refractivity contribution in [2.24, 2.45) is 5.10 Å². The summed E-state index contributed by atoms with van der Waals surface area (Å²) in [5, 5.41) is 47.8. The summed E-state index contributed by atoms with van der Waals surface area (Å²) in [6.07, 6.45) is 6.17. The van der Waals surface area contributed by atoms with Crippen molar-refractivity contribution < 1.29 is 10.1 Å². The molecule has 0 bridgehead atoms. The fraction of sp³-hybridized carbons (Fsp3) is 0.0667. The molecule has 0 amide bonds. The van der Waals surface area contributed by atoms with Crippen molar-refractivity contribution >= 4 is 28.3 Å². The summed E-state index contributed by atoms with van der Waals surface area (Å²) in [4.78, 5) is -0.447. The van der Waals surface area contributed by atoms with E-state index in [9.17, 15) is 15.6 Å².